The van der Waals surface area contributed by atoms with E-state index in [2.05, 4.69) is 34.5 Å². The summed E-state index contributed by atoms with van der Waals surface area (Å²) in [5, 5.41) is 12.4. The van der Waals surface area contributed by atoms with E-state index in [4.69, 9.17) is 4.74 Å². The molecule has 0 saturated heterocycles. The number of carbonyl (C=O) groups is 1. The molecule has 0 unspecified atom stereocenters. The molecule has 3 rings (SSSR count). The summed E-state index contributed by atoms with van der Waals surface area (Å²) in [5.74, 6) is 0.640. The second-order valence-corrected chi connectivity index (χ2v) is 7.05. The molecule has 30 heavy (non-hydrogen) atoms. The third-order valence-corrected chi connectivity index (χ3v) is 4.92. The quantitative estimate of drug-likeness (QED) is 0.534. The first kappa shape index (κ1) is 21.6. The second-order valence-electron chi connectivity index (χ2n) is 7.05. The zero-order valence-electron chi connectivity index (χ0n) is 17.2. The molecule has 0 aliphatic carbocycles. The van der Waals surface area contributed by atoms with Gasteiger partial charge in [0, 0.05) is 18.8 Å². The van der Waals surface area contributed by atoms with Gasteiger partial charge in [0.1, 0.15) is 5.75 Å². The van der Waals surface area contributed by atoms with Crippen molar-refractivity contribution < 1.29 is 14.6 Å². The van der Waals surface area contributed by atoms with E-state index >= 15 is 0 Å². The number of ether oxygens (including phenoxy) is 1. The lowest BCUT2D eigenvalue weighted by Crippen LogP contribution is -2.37. The van der Waals surface area contributed by atoms with Gasteiger partial charge in [0.15, 0.2) is 0 Å². The maximum absolute atomic E-state index is 12.9. The van der Waals surface area contributed by atoms with E-state index in [1.165, 1.54) is 0 Å². The summed E-state index contributed by atoms with van der Waals surface area (Å²) in [6.45, 7) is 0.883. The minimum Gasteiger partial charge on any atom is -0.497 e. The highest BCUT2D eigenvalue weighted by atomic mass is 16.5. The summed E-state index contributed by atoms with van der Waals surface area (Å²) in [6.07, 6.45) is 0.589. The van der Waals surface area contributed by atoms with E-state index in [-0.39, 0.29) is 25.1 Å². The Bertz CT molecular complexity index is 859. The van der Waals surface area contributed by atoms with Crippen LogP contribution >= 0.6 is 0 Å². The Kier molecular flexibility index (Phi) is 8.01. The van der Waals surface area contributed by atoms with Crippen molar-refractivity contribution in [3.05, 3.63) is 96.1 Å². The minimum absolute atomic E-state index is 0.0763. The smallest absolute Gasteiger partial charge is 0.238 e. The van der Waals surface area contributed by atoms with Crippen LogP contribution in [0.3, 0.4) is 0 Å². The number of hydrogen-bond donors (Lipinski definition) is 2. The predicted molar refractivity (Wildman–Crippen MR) is 120 cm³/mol. The molecule has 0 radical (unpaired) electrons. The zero-order valence-corrected chi connectivity index (χ0v) is 17.2. The van der Waals surface area contributed by atoms with Crippen LogP contribution in [0.1, 0.15) is 23.6 Å². The Morgan fingerprint density at radius 2 is 1.50 bits per heavy atom. The first-order chi connectivity index (χ1) is 14.7. The number of amides is 1. The molecule has 5 nitrogen and oxygen atoms in total. The Balaban J connectivity index is 1.83. The van der Waals surface area contributed by atoms with Gasteiger partial charge in [-0.2, -0.15) is 0 Å². The van der Waals surface area contributed by atoms with Crippen molar-refractivity contribution in [2.45, 2.75) is 12.5 Å². The van der Waals surface area contributed by atoms with Gasteiger partial charge in [-0.3, -0.25) is 9.69 Å². The standard InChI is InChI=1S/C25H28N2O3/c1-30-23-15-13-22(14-16-23)26-24(29)19-27(17-8-18-28)25(20-9-4-2-5-10-20)21-11-6-3-7-12-21/h2-7,9-16,25,28H,8,17-19H2,1H3,(H,26,29). The van der Waals surface area contributed by atoms with Crippen LogP contribution in [0.2, 0.25) is 0 Å². The van der Waals surface area contributed by atoms with Gasteiger partial charge < -0.3 is 15.2 Å². The molecule has 0 heterocycles. The van der Waals surface area contributed by atoms with E-state index in [9.17, 15) is 9.90 Å². The van der Waals surface area contributed by atoms with Gasteiger partial charge in [-0.1, -0.05) is 60.7 Å². The number of methoxy groups -OCH3 is 1. The van der Waals surface area contributed by atoms with Crippen molar-refractivity contribution in [2.75, 3.05) is 32.1 Å². The van der Waals surface area contributed by atoms with Gasteiger partial charge in [-0.25, -0.2) is 0 Å². The van der Waals surface area contributed by atoms with Gasteiger partial charge in [0.2, 0.25) is 5.91 Å². The summed E-state index contributed by atoms with van der Waals surface area (Å²) in [5.41, 5.74) is 2.94. The number of hydrogen-bond acceptors (Lipinski definition) is 4. The number of anilines is 1. The molecule has 0 saturated carbocycles. The highest BCUT2D eigenvalue weighted by Gasteiger charge is 2.24. The molecule has 1 amide bonds. The van der Waals surface area contributed by atoms with Crippen LogP contribution in [0.15, 0.2) is 84.9 Å². The first-order valence-corrected chi connectivity index (χ1v) is 10.1. The molecule has 0 atom stereocenters. The number of benzene rings is 3. The highest BCUT2D eigenvalue weighted by molar-refractivity contribution is 5.92. The van der Waals surface area contributed by atoms with Gasteiger partial charge >= 0.3 is 0 Å². The average molecular weight is 405 g/mol. The molecule has 156 valence electrons. The van der Waals surface area contributed by atoms with Gasteiger partial charge in [0.05, 0.1) is 19.7 Å². The topological polar surface area (TPSA) is 61.8 Å². The molecule has 0 fully saturated rings. The molecule has 0 aliphatic heterocycles. The fraction of sp³-hybridized carbons (Fsp3) is 0.240. The van der Waals surface area contributed by atoms with Crippen LogP contribution in [0.25, 0.3) is 0 Å². The average Bonchev–Trinajstić information content (AvgIpc) is 2.79. The van der Waals surface area contributed by atoms with E-state index in [0.29, 0.717) is 13.0 Å². The minimum atomic E-state index is -0.102. The SMILES string of the molecule is COc1ccc(NC(=O)CN(CCCO)C(c2ccccc2)c2ccccc2)cc1. The molecule has 3 aromatic rings. The molecular formula is C25H28N2O3. The molecule has 0 aliphatic rings. The Morgan fingerprint density at radius 1 is 0.933 bits per heavy atom. The van der Waals surface area contributed by atoms with E-state index < -0.39 is 0 Å². The van der Waals surface area contributed by atoms with Crippen molar-refractivity contribution >= 4 is 11.6 Å². The molecule has 0 spiro atoms. The number of aliphatic hydroxyl groups excluding tert-OH is 1. The third kappa shape index (κ3) is 5.92. The number of nitrogens with zero attached hydrogens (tertiary/aromatic N) is 1. The van der Waals surface area contributed by atoms with E-state index in [0.717, 1.165) is 22.6 Å². The molecule has 0 bridgehead atoms. The van der Waals surface area contributed by atoms with Crippen LogP contribution in [0.4, 0.5) is 5.69 Å². The third-order valence-electron chi connectivity index (χ3n) is 4.92. The number of rotatable bonds is 10. The second kappa shape index (κ2) is 11.1. The summed E-state index contributed by atoms with van der Waals surface area (Å²) < 4.78 is 5.17. The van der Waals surface area contributed by atoms with E-state index in [1.54, 1.807) is 7.11 Å². The fourth-order valence-corrected chi connectivity index (χ4v) is 3.52. The molecule has 2 N–H and O–H groups in total. The fourth-order valence-electron chi connectivity index (χ4n) is 3.52. The number of nitrogens with one attached hydrogen (secondary N) is 1. The lowest BCUT2D eigenvalue weighted by Gasteiger charge is -2.32. The first-order valence-electron chi connectivity index (χ1n) is 10.1. The van der Waals surface area contributed by atoms with Crippen LogP contribution < -0.4 is 10.1 Å². The highest BCUT2D eigenvalue weighted by Crippen LogP contribution is 2.28. The summed E-state index contributed by atoms with van der Waals surface area (Å²) in [6, 6.07) is 27.5. The largest absolute Gasteiger partial charge is 0.497 e. The maximum Gasteiger partial charge on any atom is 0.238 e. The number of aliphatic hydroxyl groups is 1. The van der Waals surface area contributed by atoms with Crippen molar-refractivity contribution in [3.8, 4) is 5.75 Å². The summed E-state index contributed by atoms with van der Waals surface area (Å²) >= 11 is 0. The van der Waals surface area contributed by atoms with Crippen molar-refractivity contribution in [1.82, 2.24) is 4.90 Å². The van der Waals surface area contributed by atoms with E-state index in [1.807, 2.05) is 60.7 Å². The Morgan fingerprint density at radius 3 is 2.00 bits per heavy atom. The van der Waals surface area contributed by atoms with Gasteiger partial charge in [0.25, 0.3) is 0 Å². The zero-order chi connectivity index (χ0) is 21.2. The Hall–Kier alpha value is -3.15. The molecule has 5 heteroatoms. The monoisotopic (exact) mass is 404 g/mol. The lowest BCUT2D eigenvalue weighted by atomic mass is 9.96. The van der Waals surface area contributed by atoms with Crippen molar-refractivity contribution in [3.63, 3.8) is 0 Å². The molecule has 3 aromatic carbocycles. The van der Waals surface area contributed by atoms with Crippen molar-refractivity contribution in [1.29, 1.82) is 0 Å². The molecule has 0 aromatic heterocycles. The lowest BCUT2D eigenvalue weighted by molar-refractivity contribution is -0.117. The number of carbonyl (C=O) groups excluding carboxylic acids is 1. The van der Waals surface area contributed by atoms with Crippen LogP contribution in [0, 0.1) is 0 Å². The Labute approximate surface area is 177 Å². The van der Waals surface area contributed by atoms with Gasteiger partial charge in [-0.15, -0.1) is 0 Å². The predicted octanol–water partition coefficient (Wildman–Crippen LogP) is 4.11. The maximum atomic E-state index is 12.9. The summed E-state index contributed by atoms with van der Waals surface area (Å²) in [7, 11) is 1.61. The summed E-state index contributed by atoms with van der Waals surface area (Å²) in [4.78, 5) is 15.0. The molecular weight excluding hydrogens is 376 g/mol. The van der Waals surface area contributed by atoms with Crippen molar-refractivity contribution in [2.24, 2.45) is 0 Å². The van der Waals surface area contributed by atoms with Crippen LogP contribution in [0.5, 0.6) is 5.75 Å². The normalized spacial score (nSPS) is 10.9. The van der Waals surface area contributed by atoms with Gasteiger partial charge in [-0.05, 0) is 41.8 Å². The van der Waals surface area contributed by atoms with Crippen LogP contribution in [-0.4, -0.2) is 42.7 Å². The van der Waals surface area contributed by atoms with Crippen LogP contribution in [-0.2, 0) is 4.79 Å².